The zero-order chi connectivity index (χ0) is 7.40. The molecule has 0 aliphatic carbocycles. The summed E-state index contributed by atoms with van der Waals surface area (Å²) < 4.78 is 4.40. The second-order valence-corrected chi connectivity index (χ2v) is 1.44. The van der Waals surface area contributed by atoms with E-state index in [-0.39, 0.29) is 0 Å². The van der Waals surface area contributed by atoms with Crippen molar-refractivity contribution in [3.8, 4) is 0 Å². The zero-order valence-electron chi connectivity index (χ0n) is 4.87. The second-order valence-electron chi connectivity index (χ2n) is 1.44. The van der Waals surface area contributed by atoms with Crippen molar-refractivity contribution in [3.05, 3.63) is 12.3 Å². The van der Waals surface area contributed by atoms with E-state index in [9.17, 15) is 4.79 Å². The van der Waals surface area contributed by atoms with Crippen molar-refractivity contribution in [3.63, 3.8) is 0 Å². The van der Waals surface area contributed by atoms with Crippen LogP contribution in [0.1, 0.15) is 0 Å². The molecule has 0 fully saturated rings. The van der Waals surface area contributed by atoms with E-state index in [1.165, 1.54) is 12.3 Å². The van der Waals surface area contributed by atoms with Gasteiger partial charge < -0.3 is 9.63 Å². The number of hydrazine groups is 1. The van der Waals surface area contributed by atoms with Crippen molar-refractivity contribution in [2.24, 2.45) is 0 Å². The number of hydrogen-bond acceptors (Lipinski definition) is 4. The van der Waals surface area contributed by atoms with Crippen LogP contribution in [0.3, 0.4) is 0 Å². The van der Waals surface area contributed by atoms with Gasteiger partial charge in [-0.25, -0.2) is 10.2 Å². The number of anilines is 1. The summed E-state index contributed by atoms with van der Waals surface area (Å²) in [5.74, 6) is 0.322. The molecule has 0 aliphatic rings. The highest BCUT2D eigenvalue weighted by molar-refractivity contribution is 5.66. The summed E-state index contributed by atoms with van der Waals surface area (Å²) >= 11 is 0. The number of carbonyl (C=O) groups is 1. The molecular formula is C4H5N3O3. The first-order valence-electron chi connectivity index (χ1n) is 2.44. The lowest BCUT2D eigenvalue weighted by atomic mass is 10.7. The van der Waals surface area contributed by atoms with Crippen molar-refractivity contribution in [2.45, 2.75) is 0 Å². The quantitative estimate of drug-likeness (QED) is 0.517. The van der Waals surface area contributed by atoms with Gasteiger partial charge in [-0.15, -0.1) is 0 Å². The predicted octanol–water partition coefficient (Wildman–Crippen LogP) is 0.269. The molecule has 3 N–H and O–H groups in total. The van der Waals surface area contributed by atoms with Crippen LogP contribution >= 0.6 is 0 Å². The van der Waals surface area contributed by atoms with Gasteiger partial charge in [0.25, 0.3) is 0 Å². The molecule has 0 unspecified atom stereocenters. The lowest BCUT2D eigenvalue weighted by Crippen LogP contribution is -2.27. The Hall–Kier alpha value is -1.72. The maximum Gasteiger partial charge on any atom is 0.423 e. The fourth-order valence-corrected chi connectivity index (χ4v) is 0.395. The van der Waals surface area contributed by atoms with E-state index in [4.69, 9.17) is 5.11 Å². The molecule has 54 valence electrons. The first-order chi connectivity index (χ1) is 4.79. The van der Waals surface area contributed by atoms with E-state index in [1.54, 1.807) is 0 Å². The van der Waals surface area contributed by atoms with Crippen LogP contribution in [-0.4, -0.2) is 16.4 Å². The minimum Gasteiger partial charge on any atom is -0.464 e. The van der Waals surface area contributed by atoms with Gasteiger partial charge in [-0.2, -0.15) is 0 Å². The zero-order valence-corrected chi connectivity index (χ0v) is 4.87. The SMILES string of the molecule is O=C(O)NNc1ccon1. The van der Waals surface area contributed by atoms with Crippen LogP contribution in [-0.2, 0) is 0 Å². The standard InChI is InChI=1S/C4H5N3O3/c8-4(9)6-5-3-1-2-10-7-3/h1-2,6H,(H,5,7)(H,8,9). The summed E-state index contributed by atoms with van der Waals surface area (Å²) in [6, 6.07) is 1.48. The average molecular weight is 143 g/mol. The molecule has 1 rings (SSSR count). The summed E-state index contributed by atoms with van der Waals surface area (Å²) in [4.78, 5) is 9.86. The largest absolute Gasteiger partial charge is 0.464 e. The smallest absolute Gasteiger partial charge is 0.423 e. The molecule has 1 aromatic heterocycles. The maximum atomic E-state index is 9.86. The van der Waals surface area contributed by atoms with Crippen molar-refractivity contribution < 1.29 is 14.4 Å². The van der Waals surface area contributed by atoms with Crippen LogP contribution < -0.4 is 10.9 Å². The van der Waals surface area contributed by atoms with Crippen LogP contribution in [0.5, 0.6) is 0 Å². The lowest BCUT2D eigenvalue weighted by Gasteiger charge is -1.97. The minimum absolute atomic E-state index is 0.322. The maximum absolute atomic E-state index is 9.86. The molecule has 0 aromatic carbocycles. The van der Waals surface area contributed by atoms with Gasteiger partial charge in [0.05, 0.1) is 0 Å². The number of nitrogens with zero attached hydrogens (tertiary/aromatic N) is 1. The Morgan fingerprint density at radius 1 is 1.80 bits per heavy atom. The first kappa shape index (κ1) is 6.40. The normalized spacial score (nSPS) is 8.80. The lowest BCUT2D eigenvalue weighted by molar-refractivity contribution is 0.196. The number of amides is 1. The third-order valence-corrected chi connectivity index (χ3v) is 0.735. The van der Waals surface area contributed by atoms with E-state index in [0.29, 0.717) is 5.82 Å². The summed E-state index contributed by atoms with van der Waals surface area (Å²) in [7, 11) is 0. The molecule has 0 radical (unpaired) electrons. The number of hydrogen-bond donors (Lipinski definition) is 3. The van der Waals surface area contributed by atoms with E-state index in [2.05, 4.69) is 15.1 Å². The Labute approximate surface area is 55.8 Å². The first-order valence-corrected chi connectivity index (χ1v) is 2.44. The van der Waals surface area contributed by atoms with Gasteiger partial charge >= 0.3 is 6.09 Å². The van der Waals surface area contributed by atoms with E-state index in [0.717, 1.165) is 0 Å². The highest BCUT2D eigenvalue weighted by Gasteiger charge is 1.95. The minimum atomic E-state index is -1.18. The number of carboxylic acid groups (broad SMARTS) is 1. The monoisotopic (exact) mass is 143 g/mol. The van der Waals surface area contributed by atoms with Crippen LogP contribution in [0, 0.1) is 0 Å². The molecule has 1 amide bonds. The molecule has 0 aliphatic heterocycles. The molecule has 1 heterocycles. The van der Waals surface area contributed by atoms with Crippen molar-refractivity contribution in [1.82, 2.24) is 10.6 Å². The molecule has 0 saturated heterocycles. The molecular weight excluding hydrogens is 138 g/mol. The molecule has 0 atom stereocenters. The molecule has 0 spiro atoms. The summed E-state index contributed by atoms with van der Waals surface area (Å²) in [6.45, 7) is 0. The van der Waals surface area contributed by atoms with Gasteiger partial charge in [0.15, 0.2) is 5.82 Å². The molecule has 6 heteroatoms. The highest BCUT2D eigenvalue weighted by atomic mass is 16.5. The highest BCUT2D eigenvalue weighted by Crippen LogP contribution is 1.97. The molecule has 1 aromatic rings. The predicted molar refractivity (Wildman–Crippen MR) is 31.3 cm³/mol. The van der Waals surface area contributed by atoms with Crippen molar-refractivity contribution in [2.75, 3.05) is 5.43 Å². The Bertz CT molecular complexity index is 208. The molecule has 10 heavy (non-hydrogen) atoms. The van der Waals surface area contributed by atoms with Crippen LogP contribution in [0.2, 0.25) is 0 Å². The molecule has 0 bridgehead atoms. The van der Waals surface area contributed by atoms with E-state index in [1.807, 2.05) is 5.43 Å². The van der Waals surface area contributed by atoms with Crippen LogP contribution in [0.15, 0.2) is 16.9 Å². The Morgan fingerprint density at radius 3 is 3.10 bits per heavy atom. The topological polar surface area (TPSA) is 87.4 Å². The second kappa shape index (κ2) is 2.72. The van der Waals surface area contributed by atoms with Gasteiger partial charge in [0.2, 0.25) is 0 Å². The third kappa shape index (κ3) is 1.66. The average Bonchev–Trinajstić information content (AvgIpc) is 2.34. The Morgan fingerprint density at radius 2 is 2.60 bits per heavy atom. The molecule has 0 saturated carbocycles. The van der Waals surface area contributed by atoms with Gasteiger partial charge in [-0.3, -0.25) is 5.43 Å². The van der Waals surface area contributed by atoms with Crippen LogP contribution in [0.4, 0.5) is 10.6 Å². The summed E-state index contributed by atoms with van der Waals surface area (Å²) in [5.41, 5.74) is 4.16. The van der Waals surface area contributed by atoms with Gasteiger partial charge in [0, 0.05) is 6.07 Å². The van der Waals surface area contributed by atoms with Crippen molar-refractivity contribution >= 4 is 11.9 Å². The van der Waals surface area contributed by atoms with Crippen molar-refractivity contribution in [1.29, 1.82) is 0 Å². The third-order valence-electron chi connectivity index (χ3n) is 0.735. The fraction of sp³-hybridized carbons (Fsp3) is 0. The van der Waals surface area contributed by atoms with E-state index < -0.39 is 6.09 Å². The number of aromatic nitrogens is 1. The number of nitrogens with one attached hydrogen (secondary N) is 2. The fourth-order valence-electron chi connectivity index (χ4n) is 0.395. The summed E-state index contributed by atoms with van der Waals surface area (Å²) in [6.07, 6.45) is 0.147. The van der Waals surface area contributed by atoms with E-state index >= 15 is 0 Å². The van der Waals surface area contributed by atoms with Gasteiger partial charge in [-0.1, -0.05) is 5.16 Å². The molecule has 6 nitrogen and oxygen atoms in total. The Kier molecular flexibility index (Phi) is 1.74. The van der Waals surface area contributed by atoms with Crippen LogP contribution in [0.25, 0.3) is 0 Å². The van der Waals surface area contributed by atoms with Gasteiger partial charge in [-0.05, 0) is 0 Å². The number of rotatable bonds is 2. The summed E-state index contributed by atoms with van der Waals surface area (Å²) in [5, 5.41) is 11.5. The van der Waals surface area contributed by atoms with Gasteiger partial charge in [0.1, 0.15) is 6.26 Å². The Balaban J connectivity index is 2.35.